The van der Waals surface area contributed by atoms with Crippen LogP contribution in [0.2, 0.25) is 0 Å². The van der Waals surface area contributed by atoms with Gasteiger partial charge in [0.25, 0.3) is 0 Å². The highest BCUT2D eigenvalue weighted by molar-refractivity contribution is 5.90. The van der Waals surface area contributed by atoms with Crippen LogP contribution in [0.15, 0.2) is 54.6 Å². The summed E-state index contributed by atoms with van der Waals surface area (Å²) in [6, 6.07) is 15.7. The molecule has 6 nitrogen and oxygen atoms in total. The molecule has 1 heterocycles. The van der Waals surface area contributed by atoms with Crippen LogP contribution >= 0.6 is 0 Å². The van der Waals surface area contributed by atoms with Crippen molar-refractivity contribution in [2.75, 3.05) is 23.7 Å². The molecule has 3 rings (SSSR count). The van der Waals surface area contributed by atoms with E-state index in [0.29, 0.717) is 17.1 Å². The highest BCUT2D eigenvalue weighted by atomic mass is 16.6. The molecule has 0 bridgehead atoms. The Balaban J connectivity index is 1.57. The number of anilines is 2. The third-order valence-electron chi connectivity index (χ3n) is 3.96. The number of amides is 3. The van der Waals surface area contributed by atoms with Crippen LogP contribution in [0, 0.1) is 0 Å². The number of piperidine rings is 1. The summed E-state index contributed by atoms with van der Waals surface area (Å²) >= 11 is 0. The van der Waals surface area contributed by atoms with Crippen molar-refractivity contribution in [3.8, 4) is 5.75 Å². The van der Waals surface area contributed by atoms with Crippen molar-refractivity contribution in [3.63, 3.8) is 0 Å². The molecule has 1 aliphatic heterocycles. The molecule has 0 unspecified atom stereocenters. The topological polar surface area (TPSA) is 70.7 Å². The number of carbonyl (C=O) groups is 2. The van der Waals surface area contributed by atoms with Crippen LogP contribution in [0.5, 0.6) is 5.75 Å². The maximum absolute atomic E-state index is 12.2. The number of urea groups is 1. The summed E-state index contributed by atoms with van der Waals surface area (Å²) in [7, 11) is 0. The van der Waals surface area contributed by atoms with Gasteiger partial charge in [-0.3, -0.25) is 5.32 Å². The molecular weight excluding hydrogens is 318 g/mol. The second kappa shape index (κ2) is 8.19. The molecule has 2 N–H and O–H groups in total. The smallest absolute Gasteiger partial charge is 0.410 e. The fourth-order valence-corrected chi connectivity index (χ4v) is 2.71. The molecule has 3 amide bonds. The molecule has 0 atom stereocenters. The molecule has 1 saturated heterocycles. The van der Waals surface area contributed by atoms with Crippen molar-refractivity contribution < 1.29 is 14.3 Å². The minimum absolute atomic E-state index is 0.120. The molecule has 6 heteroatoms. The first-order valence-corrected chi connectivity index (χ1v) is 8.40. The van der Waals surface area contributed by atoms with E-state index in [1.54, 1.807) is 41.3 Å². The van der Waals surface area contributed by atoms with Gasteiger partial charge >= 0.3 is 12.1 Å². The molecule has 1 aliphatic rings. The van der Waals surface area contributed by atoms with E-state index < -0.39 is 6.09 Å². The molecule has 0 aliphatic carbocycles. The Morgan fingerprint density at radius 3 is 2.32 bits per heavy atom. The van der Waals surface area contributed by atoms with Crippen LogP contribution in [0.1, 0.15) is 19.3 Å². The molecule has 0 spiro atoms. The number of likely N-dealkylation sites (tertiary alicyclic amines) is 1. The summed E-state index contributed by atoms with van der Waals surface area (Å²) in [4.78, 5) is 26.0. The predicted molar refractivity (Wildman–Crippen MR) is 97.0 cm³/mol. The minimum Gasteiger partial charge on any atom is -0.410 e. The predicted octanol–water partition coefficient (Wildman–Crippen LogP) is 4.32. The van der Waals surface area contributed by atoms with Gasteiger partial charge in [0, 0.05) is 30.5 Å². The van der Waals surface area contributed by atoms with Crippen molar-refractivity contribution >= 4 is 23.5 Å². The molecule has 2 aromatic rings. The van der Waals surface area contributed by atoms with E-state index in [2.05, 4.69) is 10.6 Å². The van der Waals surface area contributed by atoms with Crippen molar-refractivity contribution in [2.45, 2.75) is 19.3 Å². The van der Waals surface area contributed by atoms with Gasteiger partial charge in [0.15, 0.2) is 0 Å². The van der Waals surface area contributed by atoms with E-state index in [-0.39, 0.29) is 6.03 Å². The number of rotatable bonds is 3. The molecule has 0 saturated carbocycles. The van der Waals surface area contributed by atoms with Crippen molar-refractivity contribution in [3.05, 3.63) is 54.6 Å². The summed E-state index contributed by atoms with van der Waals surface area (Å²) in [6.45, 7) is 1.56. The fraction of sp³-hybridized carbons (Fsp3) is 0.263. The standard InChI is InChI=1S/C19H21N3O3/c23-18(22-12-5-2-6-13-22)20-16-10-7-11-17(14-16)25-19(24)21-15-8-3-1-4-9-15/h1,3-4,7-11,14H,2,5-6,12-13H2,(H,20,23)(H,21,24). The zero-order valence-corrected chi connectivity index (χ0v) is 13.9. The lowest BCUT2D eigenvalue weighted by molar-refractivity contribution is 0.200. The Morgan fingerprint density at radius 2 is 1.56 bits per heavy atom. The van der Waals surface area contributed by atoms with Gasteiger partial charge < -0.3 is 15.0 Å². The SMILES string of the molecule is O=C(Nc1ccccc1)Oc1cccc(NC(=O)N2CCCCC2)c1. The molecule has 0 aromatic heterocycles. The quantitative estimate of drug-likeness (QED) is 0.875. The van der Waals surface area contributed by atoms with Crippen LogP contribution in [0.4, 0.5) is 21.0 Å². The number of hydrogen-bond donors (Lipinski definition) is 2. The van der Waals surface area contributed by atoms with Crippen LogP contribution in [0.3, 0.4) is 0 Å². The lowest BCUT2D eigenvalue weighted by atomic mass is 10.1. The number of carbonyl (C=O) groups excluding carboxylic acids is 2. The Hall–Kier alpha value is -3.02. The zero-order chi connectivity index (χ0) is 17.5. The first kappa shape index (κ1) is 16.8. The Bertz CT molecular complexity index is 728. The van der Waals surface area contributed by atoms with Gasteiger partial charge in [-0.25, -0.2) is 9.59 Å². The molecule has 0 radical (unpaired) electrons. The van der Waals surface area contributed by atoms with Crippen LogP contribution in [-0.2, 0) is 0 Å². The second-order valence-electron chi connectivity index (χ2n) is 5.89. The van der Waals surface area contributed by atoms with E-state index in [1.165, 1.54) is 6.42 Å². The summed E-state index contributed by atoms with van der Waals surface area (Å²) in [5.74, 6) is 0.366. The summed E-state index contributed by atoms with van der Waals surface area (Å²) in [5.41, 5.74) is 1.25. The Morgan fingerprint density at radius 1 is 0.840 bits per heavy atom. The minimum atomic E-state index is -0.578. The van der Waals surface area contributed by atoms with Gasteiger partial charge in [0.1, 0.15) is 5.75 Å². The van der Waals surface area contributed by atoms with Crippen LogP contribution < -0.4 is 15.4 Å². The summed E-state index contributed by atoms with van der Waals surface area (Å²) < 4.78 is 5.27. The van der Waals surface area contributed by atoms with Crippen molar-refractivity contribution in [2.24, 2.45) is 0 Å². The van der Waals surface area contributed by atoms with Crippen LogP contribution in [-0.4, -0.2) is 30.1 Å². The maximum Gasteiger partial charge on any atom is 0.417 e. The highest BCUT2D eigenvalue weighted by Crippen LogP contribution is 2.19. The molecule has 25 heavy (non-hydrogen) atoms. The molecule has 2 aromatic carbocycles. The largest absolute Gasteiger partial charge is 0.417 e. The third kappa shape index (κ3) is 4.97. The normalized spacial score (nSPS) is 13.8. The van der Waals surface area contributed by atoms with E-state index >= 15 is 0 Å². The second-order valence-corrected chi connectivity index (χ2v) is 5.89. The molecular formula is C19H21N3O3. The average Bonchev–Trinajstić information content (AvgIpc) is 2.63. The Labute approximate surface area is 146 Å². The Kier molecular flexibility index (Phi) is 5.51. The third-order valence-corrected chi connectivity index (χ3v) is 3.96. The first-order valence-electron chi connectivity index (χ1n) is 8.40. The molecule has 1 fully saturated rings. The number of nitrogens with zero attached hydrogens (tertiary/aromatic N) is 1. The van der Waals surface area contributed by atoms with Gasteiger partial charge in [-0.15, -0.1) is 0 Å². The van der Waals surface area contributed by atoms with Gasteiger partial charge in [-0.2, -0.15) is 0 Å². The number of ether oxygens (including phenoxy) is 1. The monoisotopic (exact) mass is 339 g/mol. The number of hydrogen-bond acceptors (Lipinski definition) is 3. The fourth-order valence-electron chi connectivity index (χ4n) is 2.71. The van der Waals surface area contributed by atoms with Gasteiger partial charge in [0.2, 0.25) is 0 Å². The van der Waals surface area contributed by atoms with Crippen molar-refractivity contribution in [1.82, 2.24) is 4.90 Å². The van der Waals surface area contributed by atoms with E-state index in [4.69, 9.17) is 4.74 Å². The maximum atomic E-state index is 12.2. The number of benzene rings is 2. The van der Waals surface area contributed by atoms with Crippen LogP contribution in [0.25, 0.3) is 0 Å². The number of nitrogens with one attached hydrogen (secondary N) is 2. The van der Waals surface area contributed by atoms with Gasteiger partial charge in [-0.1, -0.05) is 24.3 Å². The first-order chi connectivity index (χ1) is 12.2. The van der Waals surface area contributed by atoms with Gasteiger partial charge in [-0.05, 0) is 43.5 Å². The van der Waals surface area contributed by atoms with Gasteiger partial charge in [0.05, 0.1) is 0 Å². The average molecular weight is 339 g/mol. The summed E-state index contributed by atoms with van der Waals surface area (Å²) in [5, 5.41) is 5.50. The summed E-state index contributed by atoms with van der Waals surface area (Å²) in [6.07, 6.45) is 2.67. The lowest BCUT2D eigenvalue weighted by Gasteiger charge is -2.26. The van der Waals surface area contributed by atoms with E-state index in [9.17, 15) is 9.59 Å². The lowest BCUT2D eigenvalue weighted by Crippen LogP contribution is -2.38. The van der Waals surface area contributed by atoms with E-state index in [1.807, 2.05) is 18.2 Å². The zero-order valence-electron chi connectivity index (χ0n) is 13.9. The van der Waals surface area contributed by atoms with Crippen molar-refractivity contribution in [1.29, 1.82) is 0 Å². The highest BCUT2D eigenvalue weighted by Gasteiger charge is 2.16. The number of para-hydroxylation sites is 1. The molecule has 130 valence electrons. The van der Waals surface area contributed by atoms with E-state index in [0.717, 1.165) is 25.9 Å².